The third-order valence-corrected chi connectivity index (χ3v) is 2.09. The lowest BCUT2D eigenvalue weighted by atomic mass is 10.1. The smallest absolute Gasteiger partial charge is 0.170 e. The van der Waals surface area contributed by atoms with Gasteiger partial charge in [0.05, 0.1) is 6.33 Å². The summed E-state index contributed by atoms with van der Waals surface area (Å²) < 4.78 is 0. The SMILES string of the molecule is O=Cc1nc[nH]c1Cc1ccccc1. The molecule has 70 valence electrons. The van der Waals surface area contributed by atoms with E-state index in [1.165, 1.54) is 5.56 Å². The molecule has 3 nitrogen and oxygen atoms in total. The highest BCUT2D eigenvalue weighted by molar-refractivity contribution is 5.73. The van der Waals surface area contributed by atoms with E-state index in [0.29, 0.717) is 5.69 Å². The predicted molar refractivity (Wildman–Crippen MR) is 53.2 cm³/mol. The number of aldehydes is 1. The summed E-state index contributed by atoms with van der Waals surface area (Å²) in [6.07, 6.45) is 3.03. The van der Waals surface area contributed by atoms with Crippen molar-refractivity contribution in [3.05, 3.63) is 53.6 Å². The second-order valence-corrected chi connectivity index (χ2v) is 3.05. The lowest BCUT2D eigenvalue weighted by Crippen LogP contribution is -1.93. The molecule has 2 rings (SSSR count). The van der Waals surface area contributed by atoms with E-state index in [1.807, 2.05) is 30.3 Å². The maximum atomic E-state index is 10.6. The van der Waals surface area contributed by atoms with Crippen molar-refractivity contribution in [2.24, 2.45) is 0 Å². The van der Waals surface area contributed by atoms with E-state index < -0.39 is 0 Å². The van der Waals surface area contributed by atoms with Crippen LogP contribution in [0.3, 0.4) is 0 Å². The van der Waals surface area contributed by atoms with Crippen molar-refractivity contribution < 1.29 is 4.79 Å². The number of aromatic nitrogens is 2. The van der Waals surface area contributed by atoms with Crippen LogP contribution in [0, 0.1) is 0 Å². The topological polar surface area (TPSA) is 45.8 Å². The average molecular weight is 186 g/mol. The lowest BCUT2D eigenvalue weighted by molar-refractivity contribution is 0.111. The number of imidazole rings is 1. The summed E-state index contributed by atoms with van der Waals surface area (Å²) in [7, 11) is 0. The van der Waals surface area contributed by atoms with E-state index in [2.05, 4.69) is 9.97 Å². The first-order valence-electron chi connectivity index (χ1n) is 4.41. The molecular formula is C11H10N2O. The zero-order chi connectivity index (χ0) is 9.80. The zero-order valence-corrected chi connectivity index (χ0v) is 7.60. The molecule has 1 aromatic carbocycles. The van der Waals surface area contributed by atoms with Crippen LogP contribution in [-0.2, 0) is 6.42 Å². The molecule has 0 radical (unpaired) electrons. The molecular weight excluding hydrogens is 176 g/mol. The summed E-state index contributed by atoms with van der Waals surface area (Å²) in [5.41, 5.74) is 2.53. The van der Waals surface area contributed by atoms with Crippen molar-refractivity contribution in [3.8, 4) is 0 Å². The third-order valence-electron chi connectivity index (χ3n) is 2.09. The minimum atomic E-state index is 0.494. The molecule has 1 N–H and O–H groups in total. The molecule has 3 heteroatoms. The number of carbonyl (C=O) groups excluding carboxylic acids is 1. The average Bonchev–Trinajstić information content (AvgIpc) is 2.67. The third kappa shape index (κ3) is 1.71. The highest BCUT2D eigenvalue weighted by Gasteiger charge is 2.04. The fourth-order valence-electron chi connectivity index (χ4n) is 1.37. The van der Waals surface area contributed by atoms with Crippen molar-refractivity contribution in [1.29, 1.82) is 0 Å². The summed E-state index contributed by atoms with van der Waals surface area (Å²) in [6.45, 7) is 0. The minimum Gasteiger partial charge on any atom is -0.348 e. The molecule has 0 saturated heterocycles. The van der Waals surface area contributed by atoms with Crippen LogP contribution in [0.25, 0.3) is 0 Å². The molecule has 0 bridgehead atoms. The Bertz CT molecular complexity index is 420. The Morgan fingerprint density at radius 2 is 2.07 bits per heavy atom. The van der Waals surface area contributed by atoms with Crippen molar-refractivity contribution in [3.63, 3.8) is 0 Å². The molecule has 0 unspecified atom stereocenters. The van der Waals surface area contributed by atoms with E-state index in [1.54, 1.807) is 6.33 Å². The summed E-state index contributed by atoms with van der Waals surface area (Å²) in [6, 6.07) is 9.97. The molecule has 0 aliphatic carbocycles. The molecule has 14 heavy (non-hydrogen) atoms. The Morgan fingerprint density at radius 1 is 1.29 bits per heavy atom. The van der Waals surface area contributed by atoms with Gasteiger partial charge in [0.15, 0.2) is 6.29 Å². The Hall–Kier alpha value is -1.90. The van der Waals surface area contributed by atoms with Crippen LogP contribution < -0.4 is 0 Å². The number of H-pyrrole nitrogens is 1. The summed E-state index contributed by atoms with van der Waals surface area (Å²) in [5, 5.41) is 0. The second kappa shape index (κ2) is 3.87. The Balaban J connectivity index is 2.23. The normalized spacial score (nSPS) is 10.0. The molecule has 2 aromatic rings. The number of nitrogens with one attached hydrogen (secondary N) is 1. The van der Waals surface area contributed by atoms with Crippen LogP contribution in [-0.4, -0.2) is 16.3 Å². The number of nitrogens with zero attached hydrogens (tertiary/aromatic N) is 1. The van der Waals surface area contributed by atoms with Gasteiger partial charge in [-0.1, -0.05) is 30.3 Å². The first-order valence-corrected chi connectivity index (χ1v) is 4.41. The van der Waals surface area contributed by atoms with Crippen molar-refractivity contribution in [1.82, 2.24) is 9.97 Å². The van der Waals surface area contributed by atoms with Gasteiger partial charge in [-0.2, -0.15) is 0 Å². The zero-order valence-electron chi connectivity index (χ0n) is 7.60. The van der Waals surface area contributed by atoms with Crippen LogP contribution in [0.1, 0.15) is 21.7 Å². The van der Waals surface area contributed by atoms with E-state index in [9.17, 15) is 4.79 Å². The van der Waals surface area contributed by atoms with Crippen molar-refractivity contribution in [2.75, 3.05) is 0 Å². The highest BCUT2D eigenvalue weighted by Crippen LogP contribution is 2.08. The van der Waals surface area contributed by atoms with E-state index in [4.69, 9.17) is 0 Å². The fourth-order valence-corrected chi connectivity index (χ4v) is 1.37. The van der Waals surface area contributed by atoms with Crippen molar-refractivity contribution in [2.45, 2.75) is 6.42 Å². The van der Waals surface area contributed by atoms with E-state index >= 15 is 0 Å². The fraction of sp³-hybridized carbons (Fsp3) is 0.0909. The van der Waals surface area contributed by atoms with E-state index in [-0.39, 0.29) is 0 Å². The molecule has 0 fully saturated rings. The first-order chi connectivity index (χ1) is 6.90. The van der Waals surface area contributed by atoms with Gasteiger partial charge in [0.25, 0.3) is 0 Å². The predicted octanol–water partition coefficient (Wildman–Crippen LogP) is 1.81. The van der Waals surface area contributed by atoms with Crippen LogP contribution in [0.15, 0.2) is 36.7 Å². The van der Waals surface area contributed by atoms with Crippen LogP contribution in [0.2, 0.25) is 0 Å². The first kappa shape index (κ1) is 8.69. The molecule has 0 saturated carbocycles. The largest absolute Gasteiger partial charge is 0.348 e. The Labute approximate surface area is 81.8 Å². The van der Waals surface area contributed by atoms with Gasteiger partial charge >= 0.3 is 0 Å². The molecule has 0 amide bonds. The van der Waals surface area contributed by atoms with Gasteiger partial charge in [0, 0.05) is 12.1 Å². The number of benzene rings is 1. The van der Waals surface area contributed by atoms with Gasteiger partial charge in [-0.3, -0.25) is 4.79 Å². The number of hydrogen-bond acceptors (Lipinski definition) is 2. The van der Waals surface area contributed by atoms with Gasteiger partial charge < -0.3 is 4.98 Å². The molecule has 0 aliphatic heterocycles. The van der Waals surface area contributed by atoms with Gasteiger partial charge in [-0.25, -0.2) is 4.98 Å². The van der Waals surface area contributed by atoms with Gasteiger partial charge in [0.1, 0.15) is 5.69 Å². The molecule has 1 heterocycles. The van der Waals surface area contributed by atoms with Gasteiger partial charge in [-0.15, -0.1) is 0 Å². The lowest BCUT2D eigenvalue weighted by Gasteiger charge is -1.98. The van der Waals surface area contributed by atoms with Crippen LogP contribution in [0.5, 0.6) is 0 Å². The summed E-state index contributed by atoms with van der Waals surface area (Å²) >= 11 is 0. The minimum absolute atomic E-state index is 0.494. The molecule has 0 aliphatic rings. The molecule has 1 aromatic heterocycles. The Morgan fingerprint density at radius 3 is 2.79 bits per heavy atom. The quantitative estimate of drug-likeness (QED) is 0.743. The maximum absolute atomic E-state index is 10.6. The molecule has 0 atom stereocenters. The van der Waals surface area contributed by atoms with Gasteiger partial charge in [0.2, 0.25) is 0 Å². The van der Waals surface area contributed by atoms with Gasteiger partial charge in [-0.05, 0) is 5.56 Å². The number of carbonyl (C=O) groups is 1. The standard InChI is InChI=1S/C11H10N2O/c14-7-11-10(12-8-13-11)6-9-4-2-1-3-5-9/h1-5,7-8H,6H2,(H,12,13). The summed E-state index contributed by atoms with van der Waals surface area (Å²) in [4.78, 5) is 17.5. The monoisotopic (exact) mass is 186 g/mol. The van der Waals surface area contributed by atoms with Crippen molar-refractivity contribution >= 4 is 6.29 Å². The second-order valence-electron chi connectivity index (χ2n) is 3.05. The summed E-state index contributed by atoms with van der Waals surface area (Å²) in [5.74, 6) is 0. The number of aromatic amines is 1. The maximum Gasteiger partial charge on any atom is 0.170 e. The van der Waals surface area contributed by atoms with Crippen LogP contribution in [0.4, 0.5) is 0 Å². The Kier molecular flexibility index (Phi) is 2.40. The highest BCUT2D eigenvalue weighted by atomic mass is 16.1. The van der Waals surface area contributed by atoms with Crippen LogP contribution >= 0.6 is 0 Å². The van der Waals surface area contributed by atoms with E-state index in [0.717, 1.165) is 18.4 Å². The molecule has 0 spiro atoms. The number of hydrogen-bond donors (Lipinski definition) is 1. The number of rotatable bonds is 3.